The maximum atomic E-state index is 12.2. The molecule has 6 nitrogen and oxygen atoms in total. The Morgan fingerprint density at radius 1 is 1.42 bits per heavy atom. The Morgan fingerprint density at radius 3 is 2.79 bits per heavy atom. The highest BCUT2D eigenvalue weighted by Gasteiger charge is 2.33. The van der Waals surface area contributed by atoms with Crippen LogP contribution >= 0.6 is 0 Å². The number of amides is 1. The molecule has 0 spiro atoms. The fraction of sp³-hybridized carbons (Fsp3) is 0.615. The lowest BCUT2D eigenvalue weighted by Gasteiger charge is -2.45. The molecule has 1 amide bonds. The summed E-state index contributed by atoms with van der Waals surface area (Å²) in [7, 11) is 2.06. The van der Waals surface area contributed by atoms with Crippen molar-refractivity contribution in [3.05, 3.63) is 28.9 Å². The van der Waals surface area contributed by atoms with Gasteiger partial charge in [-0.05, 0) is 27.0 Å². The Hall–Kier alpha value is -1.69. The first-order valence-electron chi connectivity index (χ1n) is 6.40. The zero-order chi connectivity index (χ0) is 14.0. The molecule has 104 valence electrons. The second-order valence-corrected chi connectivity index (χ2v) is 5.58. The molecule has 0 unspecified atom stereocenters. The van der Waals surface area contributed by atoms with Crippen LogP contribution in [-0.2, 0) is 11.3 Å². The van der Waals surface area contributed by atoms with E-state index in [1.165, 1.54) is 10.8 Å². The Bertz CT molecular complexity index is 523. The molecule has 0 radical (unpaired) electrons. The number of aromatic nitrogens is 2. The molecule has 2 heterocycles. The highest BCUT2D eigenvalue weighted by atomic mass is 16.2. The summed E-state index contributed by atoms with van der Waals surface area (Å²) in [5, 5.41) is 0. The number of hydrogen-bond donors (Lipinski definition) is 0. The monoisotopic (exact) mass is 264 g/mol. The number of rotatable bonds is 2. The number of carbonyl (C=O) groups is 1. The quantitative estimate of drug-likeness (QED) is 0.742. The fourth-order valence-electron chi connectivity index (χ4n) is 2.21. The van der Waals surface area contributed by atoms with Crippen molar-refractivity contribution in [2.75, 3.05) is 26.7 Å². The zero-order valence-corrected chi connectivity index (χ0v) is 11.7. The minimum Gasteiger partial charge on any atom is -0.338 e. The Balaban J connectivity index is 2.05. The molecule has 1 fully saturated rings. The first-order valence-corrected chi connectivity index (χ1v) is 6.40. The van der Waals surface area contributed by atoms with Crippen LogP contribution in [0.15, 0.2) is 23.3 Å². The molecule has 1 saturated heterocycles. The van der Waals surface area contributed by atoms with E-state index in [9.17, 15) is 9.59 Å². The standard InChI is InChI=1S/C13H20N4O2/c1-13(2)10-17(8-7-15(13)3)11(18)9-16-6-4-5-14-12(16)19/h4-6H,7-10H2,1-3H3. The molecule has 0 N–H and O–H groups in total. The van der Waals surface area contributed by atoms with Crippen LogP contribution in [0.2, 0.25) is 0 Å². The van der Waals surface area contributed by atoms with Gasteiger partial charge in [0.2, 0.25) is 5.91 Å². The lowest BCUT2D eigenvalue weighted by Crippen LogP contribution is -2.59. The molecule has 6 heteroatoms. The number of nitrogens with zero attached hydrogens (tertiary/aromatic N) is 4. The first kappa shape index (κ1) is 13.7. The topological polar surface area (TPSA) is 58.4 Å². The molecule has 0 saturated carbocycles. The largest absolute Gasteiger partial charge is 0.347 e. The van der Waals surface area contributed by atoms with Crippen molar-refractivity contribution in [2.45, 2.75) is 25.9 Å². The summed E-state index contributed by atoms with van der Waals surface area (Å²) in [5.74, 6) is -0.0312. The number of carbonyl (C=O) groups excluding carboxylic acids is 1. The Kier molecular flexibility index (Phi) is 3.71. The first-order chi connectivity index (χ1) is 8.90. The van der Waals surface area contributed by atoms with Gasteiger partial charge in [-0.15, -0.1) is 0 Å². The van der Waals surface area contributed by atoms with Crippen LogP contribution in [0.3, 0.4) is 0 Å². The minimum absolute atomic E-state index is 0.0312. The summed E-state index contributed by atoms with van der Waals surface area (Å²) in [4.78, 5) is 31.4. The molecule has 1 aliphatic rings. The lowest BCUT2D eigenvalue weighted by molar-refractivity contribution is -0.136. The van der Waals surface area contributed by atoms with Gasteiger partial charge in [-0.3, -0.25) is 14.3 Å². The molecule has 2 rings (SSSR count). The predicted octanol–water partition coefficient (Wildman–Crippen LogP) is -0.204. The van der Waals surface area contributed by atoms with Crippen molar-refractivity contribution >= 4 is 5.91 Å². The Labute approximate surface area is 112 Å². The second kappa shape index (κ2) is 5.13. The lowest BCUT2D eigenvalue weighted by atomic mass is 10.00. The number of hydrogen-bond acceptors (Lipinski definition) is 4. The fourth-order valence-corrected chi connectivity index (χ4v) is 2.21. The van der Waals surface area contributed by atoms with Crippen LogP contribution in [0.25, 0.3) is 0 Å². The Morgan fingerprint density at radius 2 is 2.16 bits per heavy atom. The molecule has 1 aromatic heterocycles. The number of piperazine rings is 1. The molecule has 0 aromatic carbocycles. The van der Waals surface area contributed by atoms with Crippen molar-refractivity contribution in [2.24, 2.45) is 0 Å². The molecule has 0 atom stereocenters. The summed E-state index contributed by atoms with van der Waals surface area (Å²) in [6.45, 7) is 6.52. The third-order valence-electron chi connectivity index (χ3n) is 3.76. The van der Waals surface area contributed by atoms with E-state index >= 15 is 0 Å². The summed E-state index contributed by atoms with van der Waals surface area (Å²) in [6, 6.07) is 1.66. The van der Waals surface area contributed by atoms with E-state index in [1.54, 1.807) is 12.3 Å². The number of likely N-dealkylation sites (N-methyl/N-ethyl adjacent to an activating group) is 1. The zero-order valence-electron chi connectivity index (χ0n) is 11.7. The van der Waals surface area contributed by atoms with Gasteiger partial charge in [0.15, 0.2) is 0 Å². The maximum Gasteiger partial charge on any atom is 0.347 e. The summed E-state index contributed by atoms with van der Waals surface area (Å²) in [6.07, 6.45) is 3.02. The van der Waals surface area contributed by atoms with Crippen LogP contribution in [0, 0.1) is 0 Å². The van der Waals surface area contributed by atoms with Crippen molar-refractivity contribution in [3.8, 4) is 0 Å². The third-order valence-corrected chi connectivity index (χ3v) is 3.76. The minimum atomic E-state index is -0.385. The van der Waals surface area contributed by atoms with Gasteiger partial charge < -0.3 is 4.90 Å². The highest BCUT2D eigenvalue weighted by molar-refractivity contribution is 5.76. The van der Waals surface area contributed by atoms with Crippen molar-refractivity contribution < 1.29 is 4.79 Å². The van der Waals surface area contributed by atoms with Crippen molar-refractivity contribution in [1.82, 2.24) is 19.4 Å². The van der Waals surface area contributed by atoms with Gasteiger partial charge in [0.05, 0.1) is 0 Å². The summed E-state index contributed by atoms with van der Waals surface area (Å²) >= 11 is 0. The van der Waals surface area contributed by atoms with Gasteiger partial charge in [-0.1, -0.05) is 0 Å². The van der Waals surface area contributed by atoms with E-state index in [2.05, 4.69) is 30.8 Å². The van der Waals surface area contributed by atoms with Gasteiger partial charge in [-0.2, -0.15) is 0 Å². The maximum absolute atomic E-state index is 12.2. The van der Waals surface area contributed by atoms with Crippen LogP contribution in [-0.4, -0.2) is 57.5 Å². The van der Waals surface area contributed by atoms with E-state index in [0.717, 1.165) is 6.54 Å². The van der Waals surface area contributed by atoms with Gasteiger partial charge in [0.25, 0.3) is 0 Å². The van der Waals surface area contributed by atoms with Crippen LogP contribution in [0.4, 0.5) is 0 Å². The average molecular weight is 264 g/mol. The molecule has 1 aliphatic heterocycles. The molecular formula is C13H20N4O2. The predicted molar refractivity (Wildman–Crippen MR) is 71.8 cm³/mol. The molecule has 0 aliphatic carbocycles. The molecule has 0 bridgehead atoms. The van der Waals surface area contributed by atoms with Crippen LogP contribution < -0.4 is 5.69 Å². The van der Waals surface area contributed by atoms with Gasteiger partial charge in [0.1, 0.15) is 6.54 Å². The van der Waals surface area contributed by atoms with Gasteiger partial charge in [-0.25, -0.2) is 9.78 Å². The molecule has 1 aromatic rings. The molecular weight excluding hydrogens is 244 g/mol. The third kappa shape index (κ3) is 3.01. The van der Waals surface area contributed by atoms with Gasteiger partial charge in [0, 0.05) is 37.6 Å². The average Bonchev–Trinajstić information content (AvgIpc) is 2.35. The van der Waals surface area contributed by atoms with E-state index in [1.807, 2.05) is 4.90 Å². The SMILES string of the molecule is CN1CCN(C(=O)Cn2cccnc2=O)CC1(C)C. The van der Waals surface area contributed by atoms with E-state index < -0.39 is 0 Å². The summed E-state index contributed by atoms with van der Waals surface area (Å²) in [5.41, 5.74) is -0.419. The van der Waals surface area contributed by atoms with E-state index in [-0.39, 0.29) is 23.7 Å². The summed E-state index contributed by atoms with van der Waals surface area (Å²) < 4.78 is 1.34. The highest BCUT2D eigenvalue weighted by Crippen LogP contribution is 2.18. The van der Waals surface area contributed by atoms with Crippen LogP contribution in [0.1, 0.15) is 13.8 Å². The van der Waals surface area contributed by atoms with Crippen LogP contribution in [0.5, 0.6) is 0 Å². The van der Waals surface area contributed by atoms with E-state index in [4.69, 9.17) is 0 Å². The van der Waals surface area contributed by atoms with Crippen molar-refractivity contribution in [3.63, 3.8) is 0 Å². The molecule has 19 heavy (non-hydrogen) atoms. The van der Waals surface area contributed by atoms with Crippen molar-refractivity contribution in [1.29, 1.82) is 0 Å². The van der Waals surface area contributed by atoms with E-state index in [0.29, 0.717) is 13.1 Å². The van der Waals surface area contributed by atoms with Gasteiger partial charge >= 0.3 is 5.69 Å². The second-order valence-electron chi connectivity index (χ2n) is 5.58. The smallest absolute Gasteiger partial charge is 0.338 e. The normalized spacial score (nSPS) is 19.4.